The van der Waals surface area contributed by atoms with Crippen LogP contribution in [0.15, 0.2) is 42.6 Å². The number of fused-ring (bicyclic) bond motifs is 1. The Labute approximate surface area is 181 Å². The first-order valence-electron chi connectivity index (χ1n) is 9.76. The number of pyridine rings is 1. The fourth-order valence-electron chi connectivity index (χ4n) is 3.48. The smallest absolute Gasteiger partial charge is 0.184 e. The molecule has 2 unspecified atom stereocenters. The van der Waals surface area contributed by atoms with Crippen LogP contribution < -0.4 is 11.5 Å². The molecule has 0 aliphatic heterocycles. The minimum atomic E-state index is -1.14. The van der Waals surface area contributed by atoms with Gasteiger partial charge in [-0.1, -0.05) is 25.1 Å². The standard InChI is InChI=1S/C21H22FN7OS/c1-3-31(30)12(2)16-18(23)26-20(27-19(16)24)17-14-8-6-10-25-21(14)29(28-17)11-13-7-4-5-9-15(13)22/h4-10,12H,3,11H2,1-2H3,(H4,23,24,26,27). The SMILES string of the molecule is CCS(=O)C(C)c1c(N)nc(-c2nn(Cc3ccccc3F)c3ncccc23)nc1N. The van der Waals surface area contributed by atoms with Crippen molar-refractivity contribution >= 4 is 33.5 Å². The van der Waals surface area contributed by atoms with Crippen molar-refractivity contribution in [2.45, 2.75) is 25.6 Å². The van der Waals surface area contributed by atoms with Gasteiger partial charge in [-0.25, -0.2) is 24.0 Å². The van der Waals surface area contributed by atoms with E-state index in [0.717, 1.165) is 0 Å². The molecule has 8 nitrogen and oxygen atoms in total. The number of nitrogen functional groups attached to an aromatic ring is 2. The summed E-state index contributed by atoms with van der Waals surface area (Å²) in [6.07, 6.45) is 1.64. The summed E-state index contributed by atoms with van der Waals surface area (Å²) < 4.78 is 28.0. The van der Waals surface area contributed by atoms with E-state index < -0.39 is 16.0 Å². The van der Waals surface area contributed by atoms with E-state index in [2.05, 4.69) is 20.1 Å². The van der Waals surface area contributed by atoms with Crippen LogP contribution in [0.2, 0.25) is 0 Å². The summed E-state index contributed by atoms with van der Waals surface area (Å²) in [5.41, 5.74) is 14.3. The molecule has 0 amide bonds. The zero-order valence-electron chi connectivity index (χ0n) is 17.1. The number of nitrogens with zero attached hydrogens (tertiary/aromatic N) is 5. The summed E-state index contributed by atoms with van der Waals surface area (Å²) >= 11 is 0. The number of nitrogens with two attached hydrogens (primary N) is 2. The Kier molecular flexibility index (Phi) is 5.64. The number of rotatable bonds is 6. The Bertz CT molecular complexity index is 1270. The number of anilines is 2. The number of benzene rings is 1. The second kappa shape index (κ2) is 8.38. The highest BCUT2D eigenvalue weighted by Gasteiger charge is 2.23. The first-order chi connectivity index (χ1) is 14.9. The van der Waals surface area contributed by atoms with Crippen LogP contribution in [0.25, 0.3) is 22.6 Å². The maximum absolute atomic E-state index is 14.2. The summed E-state index contributed by atoms with van der Waals surface area (Å²) in [6, 6.07) is 10.1. The fourth-order valence-corrected chi connectivity index (χ4v) is 4.49. The maximum Gasteiger partial charge on any atom is 0.184 e. The van der Waals surface area contributed by atoms with Crippen LogP contribution >= 0.6 is 0 Å². The monoisotopic (exact) mass is 439 g/mol. The lowest BCUT2D eigenvalue weighted by molar-refractivity contribution is 0.589. The molecule has 0 saturated heterocycles. The minimum absolute atomic E-state index is 0.164. The molecule has 31 heavy (non-hydrogen) atoms. The summed E-state index contributed by atoms with van der Waals surface area (Å²) in [5, 5.41) is 4.89. The topological polar surface area (TPSA) is 126 Å². The molecule has 3 aromatic heterocycles. The van der Waals surface area contributed by atoms with Crippen molar-refractivity contribution in [2.75, 3.05) is 17.2 Å². The minimum Gasteiger partial charge on any atom is -0.383 e. The van der Waals surface area contributed by atoms with Crippen LogP contribution in [0.1, 0.15) is 30.2 Å². The fraction of sp³-hybridized carbons (Fsp3) is 0.238. The van der Waals surface area contributed by atoms with E-state index in [1.165, 1.54) is 6.07 Å². The average molecular weight is 440 g/mol. The van der Waals surface area contributed by atoms with Crippen LogP contribution in [0.3, 0.4) is 0 Å². The van der Waals surface area contributed by atoms with E-state index >= 15 is 0 Å². The Morgan fingerprint density at radius 1 is 1.13 bits per heavy atom. The quantitative estimate of drug-likeness (QED) is 0.473. The highest BCUT2D eigenvalue weighted by atomic mass is 32.2. The molecular formula is C21H22FN7OS. The van der Waals surface area contributed by atoms with Crippen molar-refractivity contribution < 1.29 is 8.60 Å². The van der Waals surface area contributed by atoms with Crippen LogP contribution in [0.4, 0.5) is 16.0 Å². The second-order valence-corrected chi connectivity index (χ2v) is 9.06. The summed E-state index contributed by atoms with van der Waals surface area (Å²) in [7, 11) is -1.14. The van der Waals surface area contributed by atoms with Crippen molar-refractivity contribution in [1.82, 2.24) is 24.7 Å². The number of hydrogen-bond acceptors (Lipinski definition) is 7. The molecule has 0 aliphatic rings. The van der Waals surface area contributed by atoms with Crippen molar-refractivity contribution in [2.24, 2.45) is 0 Å². The summed E-state index contributed by atoms with van der Waals surface area (Å²) in [6.45, 7) is 3.80. The van der Waals surface area contributed by atoms with Gasteiger partial charge in [0.15, 0.2) is 11.5 Å². The molecule has 4 aromatic rings. The van der Waals surface area contributed by atoms with Gasteiger partial charge in [0.2, 0.25) is 0 Å². The molecule has 0 fully saturated rings. The third-order valence-corrected chi connectivity index (χ3v) is 6.68. The normalized spacial score (nSPS) is 13.4. The van der Waals surface area contributed by atoms with Crippen LogP contribution in [0, 0.1) is 5.82 Å². The highest BCUT2D eigenvalue weighted by molar-refractivity contribution is 7.85. The molecule has 2 atom stereocenters. The van der Waals surface area contributed by atoms with E-state index in [0.29, 0.717) is 33.6 Å². The maximum atomic E-state index is 14.2. The molecule has 4 N–H and O–H groups in total. The molecule has 0 radical (unpaired) electrons. The van der Waals surface area contributed by atoms with Gasteiger partial charge < -0.3 is 11.5 Å². The number of halogens is 1. The Morgan fingerprint density at radius 3 is 2.52 bits per heavy atom. The second-order valence-electron chi connectivity index (χ2n) is 7.02. The molecule has 3 heterocycles. The van der Waals surface area contributed by atoms with E-state index in [-0.39, 0.29) is 29.8 Å². The van der Waals surface area contributed by atoms with Gasteiger partial charge in [0.25, 0.3) is 0 Å². The van der Waals surface area contributed by atoms with Crippen LogP contribution in [-0.2, 0) is 17.3 Å². The zero-order valence-corrected chi connectivity index (χ0v) is 17.9. The highest BCUT2D eigenvalue weighted by Crippen LogP contribution is 2.32. The Morgan fingerprint density at radius 2 is 1.84 bits per heavy atom. The lowest BCUT2D eigenvalue weighted by atomic mass is 10.2. The predicted molar refractivity (Wildman–Crippen MR) is 120 cm³/mol. The van der Waals surface area contributed by atoms with Gasteiger partial charge in [-0.05, 0) is 25.1 Å². The Balaban J connectivity index is 1.82. The van der Waals surface area contributed by atoms with E-state index in [1.54, 1.807) is 42.1 Å². The molecule has 0 saturated carbocycles. The summed E-state index contributed by atoms with van der Waals surface area (Å²) in [4.78, 5) is 13.2. The van der Waals surface area contributed by atoms with Crippen molar-refractivity contribution in [1.29, 1.82) is 0 Å². The largest absolute Gasteiger partial charge is 0.383 e. The molecule has 160 valence electrons. The van der Waals surface area contributed by atoms with Gasteiger partial charge in [0.1, 0.15) is 23.1 Å². The van der Waals surface area contributed by atoms with E-state index in [9.17, 15) is 8.60 Å². The van der Waals surface area contributed by atoms with Crippen molar-refractivity contribution in [3.05, 3.63) is 59.5 Å². The average Bonchev–Trinajstić information content (AvgIpc) is 3.12. The van der Waals surface area contributed by atoms with Crippen LogP contribution in [-0.4, -0.2) is 34.7 Å². The molecule has 4 rings (SSSR count). The number of hydrogen-bond donors (Lipinski definition) is 2. The zero-order chi connectivity index (χ0) is 22.1. The number of aromatic nitrogens is 5. The molecule has 0 bridgehead atoms. The first-order valence-corrected chi connectivity index (χ1v) is 11.1. The van der Waals surface area contributed by atoms with Gasteiger partial charge >= 0.3 is 0 Å². The Hall–Kier alpha value is -3.40. The van der Waals surface area contributed by atoms with Gasteiger partial charge in [0.05, 0.1) is 22.7 Å². The van der Waals surface area contributed by atoms with E-state index in [1.807, 2.05) is 13.0 Å². The molecule has 1 aromatic carbocycles. The molecule has 0 spiro atoms. The third kappa shape index (κ3) is 3.86. The lowest BCUT2D eigenvalue weighted by Crippen LogP contribution is -2.14. The van der Waals surface area contributed by atoms with Gasteiger partial charge in [-0.15, -0.1) is 0 Å². The first kappa shape index (κ1) is 20.9. The van der Waals surface area contributed by atoms with Gasteiger partial charge in [-0.3, -0.25) is 4.21 Å². The van der Waals surface area contributed by atoms with Crippen molar-refractivity contribution in [3.8, 4) is 11.5 Å². The van der Waals surface area contributed by atoms with E-state index in [4.69, 9.17) is 11.5 Å². The van der Waals surface area contributed by atoms with Gasteiger partial charge in [-0.2, -0.15) is 5.10 Å². The molecule has 10 heteroatoms. The van der Waals surface area contributed by atoms with Crippen molar-refractivity contribution in [3.63, 3.8) is 0 Å². The molecular weight excluding hydrogens is 417 g/mol. The predicted octanol–water partition coefficient (Wildman–Crippen LogP) is 3.07. The molecule has 0 aliphatic carbocycles. The lowest BCUT2D eigenvalue weighted by Gasteiger charge is -2.15. The van der Waals surface area contributed by atoms with Crippen LogP contribution in [0.5, 0.6) is 0 Å². The third-order valence-electron chi connectivity index (χ3n) is 5.09. The summed E-state index contributed by atoms with van der Waals surface area (Å²) in [5.74, 6) is 0.711. The van der Waals surface area contributed by atoms with Gasteiger partial charge in [0, 0.05) is 28.3 Å².